The van der Waals surface area contributed by atoms with Crippen molar-refractivity contribution in [2.24, 2.45) is 0 Å². The van der Waals surface area contributed by atoms with E-state index in [1.165, 1.54) is 35.2 Å². The lowest BCUT2D eigenvalue weighted by atomic mass is 9.85. The first-order valence-corrected chi connectivity index (χ1v) is 7.20. The maximum absolute atomic E-state index is 10.7. The molecule has 1 aromatic rings. The second-order valence-electron chi connectivity index (χ2n) is 5.63. The van der Waals surface area contributed by atoms with Crippen molar-refractivity contribution in [3.05, 3.63) is 28.8 Å². The van der Waals surface area contributed by atoms with E-state index >= 15 is 0 Å². The predicted molar refractivity (Wildman–Crippen MR) is 77.8 cm³/mol. The average Bonchev–Trinajstić information content (AvgIpc) is 2.37. The largest absolute Gasteiger partial charge is 0.481 e. The predicted octanol–water partition coefficient (Wildman–Crippen LogP) is 3.40. The van der Waals surface area contributed by atoms with E-state index in [0.29, 0.717) is 12.5 Å². The second-order valence-corrected chi connectivity index (χ2v) is 5.63. The highest BCUT2D eigenvalue weighted by Gasteiger charge is 2.17. The average molecular weight is 261 g/mol. The standard InChI is InChI=1S/C16H23NO2/c1-11(2)17-15-9-7-12(8-10-16(18)19)13-5-3-4-6-14(13)15/h7,9,11,17H,3-6,8,10H2,1-2H3,(H,18,19). The van der Waals surface area contributed by atoms with Crippen molar-refractivity contribution in [3.63, 3.8) is 0 Å². The molecule has 0 heterocycles. The van der Waals surface area contributed by atoms with Gasteiger partial charge in [0.2, 0.25) is 0 Å². The minimum Gasteiger partial charge on any atom is -0.481 e. The number of aryl methyl sites for hydroxylation is 1. The van der Waals surface area contributed by atoms with E-state index in [2.05, 4.69) is 31.3 Å². The highest BCUT2D eigenvalue weighted by Crippen LogP contribution is 2.31. The molecule has 0 aromatic heterocycles. The topological polar surface area (TPSA) is 49.3 Å². The molecular weight excluding hydrogens is 238 g/mol. The number of nitrogens with one attached hydrogen (secondary N) is 1. The van der Waals surface area contributed by atoms with Gasteiger partial charge in [0, 0.05) is 18.2 Å². The van der Waals surface area contributed by atoms with Crippen LogP contribution in [-0.2, 0) is 24.1 Å². The second kappa shape index (κ2) is 6.09. The van der Waals surface area contributed by atoms with Crippen LogP contribution in [0.15, 0.2) is 12.1 Å². The number of carboxylic acids is 1. The fourth-order valence-corrected chi connectivity index (χ4v) is 2.86. The summed E-state index contributed by atoms with van der Waals surface area (Å²) in [5, 5.41) is 12.3. The SMILES string of the molecule is CC(C)Nc1ccc(CCC(=O)O)c2c1CCCC2. The highest BCUT2D eigenvalue weighted by atomic mass is 16.4. The summed E-state index contributed by atoms with van der Waals surface area (Å²) in [6.07, 6.45) is 5.55. The summed E-state index contributed by atoms with van der Waals surface area (Å²) in [7, 11) is 0. The van der Waals surface area contributed by atoms with E-state index in [0.717, 1.165) is 12.8 Å². The Morgan fingerprint density at radius 3 is 2.58 bits per heavy atom. The number of fused-ring (bicyclic) bond motifs is 1. The lowest BCUT2D eigenvalue weighted by Crippen LogP contribution is -2.16. The third-order valence-electron chi connectivity index (χ3n) is 3.68. The molecule has 1 aromatic carbocycles. The molecule has 0 atom stereocenters. The summed E-state index contributed by atoms with van der Waals surface area (Å²) in [6.45, 7) is 4.29. The Morgan fingerprint density at radius 1 is 1.26 bits per heavy atom. The van der Waals surface area contributed by atoms with E-state index < -0.39 is 5.97 Å². The fraction of sp³-hybridized carbons (Fsp3) is 0.562. The molecule has 3 heteroatoms. The van der Waals surface area contributed by atoms with Gasteiger partial charge in [-0.2, -0.15) is 0 Å². The lowest BCUT2D eigenvalue weighted by molar-refractivity contribution is -0.136. The van der Waals surface area contributed by atoms with Crippen molar-refractivity contribution in [1.82, 2.24) is 0 Å². The Balaban J connectivity index is 2.28. The number of hydrogen-bond donors (Lipinski definition) is 2. The molecule has 2 N–H and O–H groups in total. The van der Waals surface area contributed by atoms with Crippen LogP contribution in [0.1, 0.15) is 49.8 Å². The van der Waals surface area contributed by atoms with Gasteiger partial charge in [0.25, 0.3) is 0 Å². The zero-order valence-electron chi connectivity index (χ0n) is 11.8. The van der Waals surface area contributed by atoms with Gasteiger partial charge in [0.15, 0.2) is 0 Å². The fourth-order valence-electron chi connectivity index (χ4n) is 2.86. The summed E-state index contributed by atoms with van der Waals surface area (Å²) in [5.41, 5.74) is 5.29. The molecule has 0 bridgehead atoms. The van der Waals surface area contributed by atoms with Crippen LogP contribution in [0.2, 0.25) is 0 Å². The zero-order valence-corrected chi connectivity index (χ0v) is 11.8. The number of carboxylic acid groups (broad SMARTS) is 1. The number of rotatable bonds is 5. The van der Waals surface area contributed by atoms with Crippen molar-refractivity contribution in [2.75, 3.05) is 5.32 Å². The van der Waals surface area contributed by atoms with Gasteiger partial charge < -0.3 is 10.4 Å². The van der Waals surface area contributed by atoms with Crippen LogP contribution in [0.3, 0.4) is 0 Å². The minimum atomic E-state index is -0.714. The van der Waals surface area contributed by atoms with Gasteiger partial charge in [-0.1, -0.05) is 6.07 Å². The molecular formula is C16H23NO2. The van der Waals surface area contributed by atoms with Crippen LogP contribution in [0.5, 0.6) is 0 Å². The Kier molecular flexibility index (Phi) is 4.46. The van der Waals surface area contributed by atoms with E-state index in [4.69, 9.17) is 5.11 Å². The van der Waals surface area contributed by atoms with Crippen molar-refractivity contribution in [1.29, 1.82) is 0 Å². The molecule has 19 heavy (non-hydrogen) atoms. The molecule has 0 saturated carbocycles. The van der Waals surface area contributed by atoms with Gasteiger partial charge in [-0.05, 0) is 68.7 Å². The van der Waals surface area contributed by atoms with E-state index in [1.807, 2.05) is 0 Å². The van der Waals surface area contributed by atoms with Crippen LogP contribution >= 0.6 is 0 Å². The molecule has 1 aliphatic rings. The Morgan fingerprint density at radius 2 is 1.95 bits per heavy atom. The number of hydrogen-bond acceptors (Lipinski definition) is 2. The molecule has 1 aliphatic carbocycles. The lowest BCUT2D eigenvalue weighted by Gasteiger charge is -2.24. The highest BCUT2D eigenvalue weighted by molar-refractivity contribution is 5.67. The summed E-state index contributed by atoms with van der Waals surface area (Å²) in [5.74, 6) is -0.714. The first-order chi connectivity index (χ1) is 9.08. The first-order valence-electron chi connectivity index (χ1n) is 7.20. The molecule has 0 amide bonds. The van der Waals surface area contributed by atoms with Crippen LogP contribution in [0.25, 0.3) is 0 Å². The number of aliphatic carboxylic acids is 1. The minimum absolute atomic E-state index is 0.226. The van der Waals surface area contributed by atoms with Crippen molar-refractivity contribution in [3.8, 4) is 0 Å². The van der Waals surface area contributed by atoms with Gasteiger partial charge in [0.1, 0.15) is 0 Å². The number of benzene rings is 1. The van der Waals surface area contributed by atoms with Crippen molar-refractivity contribution >= 4 is 11.7 Å². The quantitative estimate of drug-likeness (QED) is 0.854. The van der Waals surface area contributed by atoms with Crippen molar-refractivity contribution < 1.29 is 9.90 Å². The number of carbonyl (C=O) groups is 1. The van der Waals surface area contributed by atoms with Gasteiger partial charge in [-0.15, -0.1) is 0 Å². The zero-order chi connectivity index (χ0) is 13.8. The van der Waals surface area contributed by atoms with E-state index in [1.54, 1.807) is 0 Å². The third-order valence-corrected chi connectivity index (χ3v) is 3.68. The molecule has 0 spiro atoms. The normalized spacial score (nSPS) is 14.3. The smallest absolute Gasteiger partial charge is 0.303 e. The molecule has 104 valence electrons. The van der Waals surface area contributed by atoms with Gasteiger partial charge >= 0.3 is 5.97 Å². The van der Waals surface area contributed by atoms with Crippen LogP contribution in [0, 0.1) is 0 Å². The number of anilines is 1. The molecule has 2 rings (SSSR count). The van der Waals surface area contributed by atoms with E-state index in [9.17, 15) is 4.79 Å². The van der Waals surface area contributed by atoms with Gasteiger partial charge in [-0.25, -0.2) is 0 Å². The van der Waals surface area contributed by atoms with Gasteiger partial charge in [0.05, 0.1) is 0 Å². The molecule has 0 unspecified atom stereocenters. The van der Waals surface area contributed by atoms with Crippen LogP contribution in [-0.4, -0.2) is 17.1 Å². The van der Waals surface area contributed by atoms with Gasteiger partial charge in [-0.3, -0.25) is 4.79 Å². The van der Waals surface area contributed by atoms with Crippen LogP contribution < -0.4 is 5.32 Å². The summed E-state index contributed by atoms with van der Waals surface area (Å²) >= 11 is 0. The Bertz CT molecular complexity index is 466. The summed E-state index contributed by atoms with van der Waals surface area (Å²) in [4.78, 5) is 10.7. The molecule has 0 saturated heterocycles. The maximum atomic E-state index is 10.7. The summed E-state index contributed by atoms with van der Waals surface area (Å²) in [6, 6.07) is 4.66. The van der Waals surface area contributed by atoms with Crippen LogP contribution in [0.4, 0.5) is 5.69 Å². The first kappa shape index (κ1) is 13.9. The molecule has 0 fully saturated rings. The monoisotopic (exact) mass is 261 g/mol. The van der Waals surface area contributed by atoms with Crippen molar-refractivity contribution in [2.45, 2.75) is 58.4 Å². The van der Waals surface area contributed by atoms with E-state index in [-0.39, 0.29) is 6.42 Å². The Hall–Kier alpha value is -1.51. The summed E-state index contributed by atoms with van der Waals surface area (Å²) < 4.78 is 0. The Labute approximate surface area is 115 Å². The molecule has 0 radical (unpaired) electrons. The molecule has 3 nitrogen and oxygen atoms in total. The maximum Gasteiger partial charge on any atom is 0.303 e. The molecule has 0 aliphatic heterocycles. The third kappa shape index (κ3) is 3.49.